The quantitative estimate of drug-likeness (QED) is 0.224. The van der Waals surface area contributed by atoms with Crippen molar-refractivity contribution in [1.82, 2.24) is 20.3 Å². The largest absolute Gasteiger partial charge is 0.497 e. The lowest BCUT2D eigenvalue weighted by molar-refractivity contribution is -0.143. The third kappa shape index (κ3) is 6.25. The lowest BCUT2D eigenvalue weighted by atomic mass is 9.73. The molecule has 186 valence electrons. The normalized spacial score (nSPS) is 15.7. The maximum atomic E-state index is 12.8. The van der Waals surface area contributed by atoms with E-state index in [1.54, 1.807) is 31.3 Å². The molecule has 0 unspecified atom stereocenters. The minimum atomic E-state index is -0.575. The van der Waals surface area contributed by atoms with Gasteiger partial charge in [0.05, 0.1) is 23.1 Å². The van der Waals surface area contributed by atoms with E-state index in [9.17, 15) is 10.0 Å². The number of pyridine rings is 2. The zero-order valence-electron chi connectivity index (χ0n) is 19.9. The molecule has 9 heteroatoms. The molecule has 4 rings (SSSR count). The van der Waals surface area contributed by atoms with Crippen LogP contribution in [0.1, 0.15) is 31.2 Å². The van der Waals surface area contributed by atoms with Crippen LogP contribution in [0, 0.1) is 5.41 Å². The van der Waals surface area contributed by atoms with Gasteiger partial charge >= 0.3 is 0 Å². The van der Waals surface area contributed by atoms with Crippen LogP contribution in [-0.4, -0.2) is 58.5 Å². The summed E-state index contributed by atoms with van der Waals surface area (Å²) in [4.78, 5) is 24.9. The van der Waals surface area contributed by atoms with Crippen molar-refractivity contribution in [2.45, 2.75) is 37.0 Å². The van der Waals surface area contributed by atoms with Crippen LogP contribution >= 0.6 is 23.4 Å². The van der Waals surface area contributed by atoms with Gasteiger partial charge in [-0.2, -0.15) is 0 Å². The molecule has 35 heavy (non-hydrogen) atoms. The highest BCUT2D eigenvalue weighted by molar-refractivity contribution is 7.99. The first-order valence-corrected chi connectivity index (χ1v) is 13.2. The third-order valence-corrected chi connectivity index (χ3v) is 8.21. The van der Waals surface area contributed by atoms with Crippen molar-refractivity contribution in [2.24, 2.45) is 5.41 Å². The first-order chi connectivity index (χ1) is 17.0. The number of nitrogens with one attached hydrogen (secondary N) is 1. The number of hydroxylamine groups is 1. The molecule has 1 amide bonds. The van der Waals surface area contributed by atoms with Gasteiger partial charge in [-0.15, -0.1) is 11.8 Å². The van der Waals surface area contributed by atoms with Gasteiger partial charge in [-0.1, -0.05) is 11.6 Å². The second-order valence-corrected chi connectivity index (χ2v) is 10.5. The lowest BCUT2D eigenvalue weighted by Crippen LogP contribution is -2.48. The third-order valence-electron chi connectivity index (χ3n) is 6.92. The number of halogens is 1. The topological polar surface area (TPSA) is 87.6 Å². The molecular formula is C26H31ClN4O3S. The van der Waals surface area contributed by atoms with E-state index in [2.05, 4.69) is 20.9 Å². The fraction of sp³-hybridized carbons (Fsp3) is 0.423. The van der Waals surface area contributed by atoms with E-state index in [-0.39, 0.29) is 5.91 Å². The molecule has 2 aromatic heterocycles. The first kappa shape index (κ1) is 25.7. The number of rotatable bonds is 10. The van der Waals surface area contributed by atoms with Gasteiger partial charge in [0.25, 0.3) is 0 Å². The standard InChI is InChI=1S/C26H31ClN4O3S/c1-34-19-6-7-24-22(16-19)21(23(27)18-29-24)5-2-8-26(25(32)30-33)9-12-31(13-10-26)14-15-35-20-4-3-11-28-17-20/h3-4,6-7,11,16-18,33H,2,5,8-10,12-15H2,1H3,(H,30,32). The predicted molar refractivity (Wildman–Crippen MR) is 139 cm³/mol. The van der Waals surface area contributed by atoms with Crippen molar-refractivity contribution in [3.63, 3.8) is 0 Å². The molecule has 0 atom stereocenters. The van der Waals surface area contributed by atoms with E-state index in [0.717, 1.165) is 73.3 Å². The molecule has 3 heterocycles. The Morgan fingerprint density at radius 1 is 1.29 bits per heavy atom. The van der Waals surface area contributed by atoms with E-state index in [4.69, 9.17) is 16.3 Å². The summed E-state index contributed by atoms with van der Waals surface area (Å²) in [7, 11) is 1.64. The van der Waals surface area contributed by atoms with Crippen molar-refractivity contribution in [3.05, 3.63) is 59.5 Å². The van der Waals surface area contributed by atoms with Crippen molar-refractivity contribution >= 4 is 40.2 Å². The van der Waals surface area contributed by atoms with E-state index in [1.165, 1.54) is 4.90 Å². The fourth-order valence-corrected chi connectivity index (χ4v) is 5.97. The number of thioether (sulfide) groups is 1. The summed E-state index contributed by atoms with van der Waals surface area (Å²) in [6, 6.07) is 9.79. The number of carbonyl (C=O) groups is 1. The molecule has 0 radical (unpaired) electrons. The van der Waals surface area contributed by atoms with Gasteiger partial charge in [-0.05, 0) is 81.1 Å². The molecule has 1 aliphatic rings. The lowest BCUT2D eigenvalue weighted by Gasteiger charge is -2.40. The van der Waals surface area contributed by atoms with Gasteiger partial charge in [0.15, 0.2) is 0 Å². The SMILES string of the molecule is COc1ccc2ncc(Cl)c(CCCC3(C(=O)NO)CCN(CCSc4cccnc4)CC3)c2c1. The number of amides is 1. The minimum absolute atomic E-state index is 0.283. The molecule has 0 spiro atoms. The van der Waals surface area contributed by atoms with Gasteiger partial charge < -0.3 is 9.64 Å². The second kappa shape index (κ2) is 12.0. The molecule has 2 N–H and O–H groups in total. The first-order valence-electron chi connectivity index (χ1n) is 11.9. The van der Waals surface area contributed by atoms with Crippen molar-refractivity contribution in [1.29, 1.82) is 0 Å². The van der Waals surface area contributed by atoms with Gasteiger partial charge in [0.1, 0.15) is 5.75 Å². The van der Waals surface area contributed by atoms with E-state index in [0.29, 0.717) is 11.4 Å². The molecule has 0 saturated carbocycles. The van der Waals surface area contributed by atoms with Crippen LogP contribution in [0.3, 0.4) is 0 Å². The summed E-state index contributed by atoms with van der Waals surface area (Å²) in [6.45, 7) is 2.62. The van der Waals surface area contributed by atoms with Gasteiger partial charge in [-0.3, -0.25) is 20.0 Å². The number of nitrogens with zero attached hydrogens (tertiary/aromatic N) is 3. The second-order valence-electron chi connectivity index (χ2n) is 8.92. The summed E-state index contributed by atoms with van der Waals surface area (Å²) in [6.07, 6.45) is 8.96. The average Bonchev–Trinajstić information content (AvgIpc) is 2.90. The van der Waals surface area contributed by atoms with Crippen LogP contribution in [-0.2, 0) is 11.2 Å². The van der Waals surface area contributed by atoms with Crippen molar-refractivity contribution in [3.8, 4) is 5.75 Å². The van der Waals surface area contributed by atoms with Crippen LogP contribution < -0.4 is 10.2 Å². The molecule has 1 aliphatic heterocycles. The van der Waals surface area contributed by atoms with Gasteiger partial charge in [0.2, 0.25) is 5.91 Å². The van der Waals surface area contributed by atoms with Gasteiger partial charge in [0, 0.05) is 41.2 Å². The number of hydrogen-bond donors (Lipinski definition) is 2. The molecule has 3 aromatic rings. The number of aromatic nitrogens is 2. The van der Waals surface area contributed by atoms with Crippen LogP contribution in [0.25, 0.3) is 10.9 Å². The molecule has 1 aromatic carbocycles. The van der Waals surface area contributed by atoms with Crippen LogP contribution in [0.5, 0.6) is 5.75 Å². The van der Waals surface area contributed by atoms with E-state index in [1.807, 2.05) is 35.9 Å². The number of ether oxygens (including phenoxy) is 1. The molecular weight excluding hydrogens is 484 g/mol. The summed E-state index contributed by atoms with van der Waals surface area (Å²) in [5.74, 6) is 1.45. The van der Waals surface area contributed by atoms with E-state index < -0.39 is 5.41 Å². The number of methoxy groups -OCH3 is 1. The Balaban J connectivity index is 1.36. The zero-order chi connectivity index (χ0) is 24.7. The van der Waals surface area contributed by atoms with Crippen molar-refractivity contribution in [2.75, 3.05) is 32.5 Å². The molecule has 0 aliphatic carbocycles. The molecule has 7 nitrogen and oxygen atoms in total. The summed E-state index contributed by atoms with van der Waals surface area (Å²) in [5.41, 5.74) is 3.24. The van der Waals surface area contributed by atoms with Gasteiger partial charge in [-0.25, -0.2) is 5.48 Å². The Morgan fingerprint density at radius 3 is 2.83 bits per heavy atom. The number of likely N-dealkylation sites (tertiary alicyclic amines) is 1. The number of benzene rings is 1. The Labute approximate surface area is 215 Å². The number of piperidine rings is 1. The fourth-order valence-electron chi connectivity index (χ4n) is 4.83. The summed E-state index contributed by atoms with van der Waals surface area (Å²) in [5, 5.41) is 11.1. The molecule has 0 bridgehead atoms. The number of fused-ring (bicyclic) bond motifs is 1. The minimum Gasteiger partial charge on any atom is -0.497 e. The molecule has 1 fully saturated rings. The smallest absolute Gasteiger partial charge is 0.249 e. The maximum absolute atomic E-state index is 12.8. The van der Waals surface area contributed by atoms with E-state index >= 15 is 0 Å². The van der Waals surface area contributed by atoms with Crippen LogP contribution in [0.15, 0.2) is 53.8 Å². The Bertz CT molecular complexity index is 1140. The molecule has 1 saturated heterocycles. The monoisotopic (exact) mass is 514 g/mol. The number of aryl methyl sites for hydroxylation is 1. The highest BCUT2D eigenvalue weighted by atomic mass is 35.5. The van der Waals surface area contributed by atoms with Crippen LogP contribution in [0.2, 0.25) is 5.02 Å². The predicted octanol–water partition coefficient (Wildman–Crippen LogP) is 4.99. The average molecular weight is 515 g/mol. The highest BCUT2D eigenvalue weighted by Gasteiger charge is 2.40. The summed E-state index contributed by atoms with van der Waals surface area (Å²) < 4.78 is 5.38. The Morgan fingerprint density at radius 2 is 2.11 bits per heavy atom. The number of hydrogen-bond acceptors (Lipinski definition) is 7. The van der Waals surface area contributed by atoms with Crippen LogP contribution in [0.4, 0.5) is 0 Å². The van der Waals surface area contributed by atoms with Crippen molar-refractivity contribution < 1.29 is 14.7 Å². The Hall–Kier alpha value is -2.39. The highest BCUT2D eigenvalue weighted by Crippen LogP contribution is 2.38. The Kier molecular flexibility index (Phi) is 8.83. The summed E-state index contributed by atoms with van der Waals surface area (Å²) >= 11 is 8.31. The maximum Gasteiger partial charge on any atom is 0.249 e. The zero-order valence-corrected chi connectivity index (χ0v) is 21.4. The number of carbonyl (C=O) groups excluding carboxylic acids is 1.